The number of hydrogen-bond acceptors (Lipinski definition) is 1. The molecular weight excluding hydrogens is 184 g/mol. The van der Waals surface area contributed by atoms with E-state index >= 15 is 0 Å². The van der Waals surface area contributed by atoms with E-state index in [0.29, 0.717) is 0 Å². The van der Waals surface area contributed by atoms with Gasteiger partial charge in [-0.2, -0.15) is 0 Å². The lowest BCUT2D eigenvalue weighted by Gasteiger charge is -2.04. The molecule has 2 aromatic rings. The molecule has 0 bridgehead atoms. The fraction of sp³-hybridized carbons (Fsp3) is 0.182. The Morgan fingerprint density at radius 2 is 1.93 bits per heavy atom. The minimum Gasteiger partial charge on any atom is -0.264 e. The van der Waals surface area contributed by atoms with Gasteiger partial charge in [0.25, 0.3) is 0 Å². The smallest absolute Gasteiger partial charge is 0.168 e. The summed E-state index contributed by atoms with van der Waals surface area (Å²) in [5, 5.41) is 0.991. The Labute approximate surface area is 80.4 Å². The van der Waals surface area contributed by atoms with Crippen LogP contribution in [0.1, 0.15) is 12.5 Å². The third kappa shape index (κ3) is 1.25. The molecule has 1 heterocycles. The molecule has 0 radical (unpaired) electrons. The van der Waals surface area contributed by atoms with Crippen LogP contribution < -0.4 is 0 Å². The van der Waals surface area contributed by atoms with Crippen LogP contribution in [0.3, 0.4) is 0 Å². The summed E-state index contributed by atoms with van der Waals surface area (Å²) in [4.78, 5) is 3.88. The van der Waals surface area contributed by atoms with Crippen molar-refractivity contribution in [3.8, 4) is 0 Å². The number of benzene rings is 1. The summed E-state index contributed by atoms with van der Waals surface area (Å²) in [7, 11) is 0. The maximum absolute atomic E-state index is 13.3. The minimum absolute atomic E-state index is 0.254. The van der Waals surface area contributed by atoms with Crippen LogP contribution in [0.15, 0.2) is 24.5 Å². The van der Waals surface area contributed by atoms with Gasteiger partial charge < -0.3 is 0 Å². The van der Waals surface area contributed by atoms with E-state index in [1.807, 2.05) is 6.92 Å². The summed E-state index contributed by atoms with van der Waals surface area (Å²) in [5.74, 6) is -1.64. The van der Waals surface area contributed by atoms with Crippen LogP contribution in [0.5, 0.6) is 0 Å². The third-order valence-electron chi connectivity index (χ3n) is 2.29. The molecule has 1 nitrogen and oxygen atoms in total. The Morgan fingerprint density at radius 1 is 1.14 bits per heavy atom. The van der Waals surface area contributed by atoms with Gasteiger partial charge in [-0.25, -0.2) is 8.78 Å². The summed E-state index contributed by atoms with van der Waals surface area (Å²) in [6.45, 7) is 1.96. The first kappa shape index (κ1) is 9.06. The number of aromatic nitrogens is 1. The molecule has 0 fully saturated rings. The molecule has 72 valence electrons. The van der Waals surface area contributed by atoms with Crippen molar-refractivity contribution in [2.75, 3.05) is 0 Å². The molecule has 14 heavy (non-hydrogen) atoms. The normalized spacial score (nSPS) is 10.8. The summed E-state index contributed by atoms with van der Waals surface area (Å²) in [6, 6.07) is 2.74. The van der Waals surface area contributed by atoms with Crippen molar-refractivity contribution in [2.24, 2.45) is 0 Å². The number of aryl methyl sites for hydroxylation is 1. The van der Waals surface area contributed by atoms with Crippen molar-refractivity contribution < 1.29 is 8.78 Å². The molecule has 0 amide bonds. The lowest BCUT2D eigenvalue weighted by molar-refractivity contribution is 0.517. The lowest BCUT2D eigenvalue weighted by Crippen LogP contribution is -1.91. The highest BCUT2D eigenvalue weighted by atomic mass is 19.2. The molecular formula is C11H9F2N. The van der Waals surface area contributed by atoms with Gasteiger partial charge in [0.1, 0.15) is 0 Å². The van der Waals surface area contributed by atoms with Crippen molar-refractivity contribution in [2.45, 2.75) is 13.3 Å². The number of nitrogens with zero attached hydrogens (tertiary/aromatic N) is 1. The molecule has 3 heteroatoms. The molecule has 2 rings (SSSR count). The highest BCUT2D eigenvalue weighted by molar-refractivity contribution is 5.85. The Balaban J connectivity index is 2.86. The number of pyridine rings is 1. The Morgan fingerprint density at radius 3 is 2.64 bits per heavy atom. The average molecular weight is 193 g/mol. The predicted molar refractivity (Wildman–Crippen MR) is 51.0 cm³/mol. The molecule has 0 atom stereocenters. The van der Waals surface area contributed by atoms with Crippen molar-refractivity contribution in [3.63, 3.8) is 0 Å². The van der Waals surface area contributed by atoms with Gasteiger partial charge in [0.2, 0.25) is 0 Å². The zero-order valence-corrected chi connectivity index (χ0v) is 7.72. The molecule has 0 N–H and O–H groups in total. The fourth-order valence-corrected chi connectivity index (χ4v) is 1.53. The molecule has 0 saturated heterocycles. The maximum Gasteiger partial charge on any atom is 0.168 e. The standard InChI is InChI=1S/C11H9F2N/c1-2-7-5-14-6-9-8(7)3-4-10(12)11(9)13/h3-6H,2H2,1H3. The first-order valence-corrected chi connectivity index (χ1v) is 4.44. The van der Waals surface area contributed by atoms with Crippen LogP contribution in [-0.4, -0.2) is 4.98 Å². The van der Waals surface area contributed by atoms with E-state index in [1.165, 1.54) is 6.20 Å². The second kappa shape index (κ2) is 3.33. The number of rotatable bonds is 1. The highest BCUT2D eigenvalue weighted by Crippen LogP contribution is 2.22. The largest absolute Gasteiger partial charge is 0.264 e. The Bertz CT molecular complexity index is 480. The zero-order chi connectivity index (χ0) is 10.1. The first-order valence-electron chi connectivity index (χ1n) is 4.44. The Kier molecular flexibility index (Phi) is 2.15. The highest BCUT2D eigenvalue weighted by Gasteiger charge is 2.08. The maximum atomic E-state index is 13.3. The van der Waals surface area contributed by atoms with Crippen molar-refractivity contribution in [1.29, 1.82) is 0 Å². The van der Waals surface area contributed by atoms with E-state index in [9.17, 15) is 8.78 Å². The summed E-state index contributed by atoms with van der Waals surface area (Å²) in [6.07, 6.45) is 3.79. The predicted octanol–water partition coefficient (Wildman–Crippen LogP) is 3.08. The van der Waals surface area contributed by atoms with E-state index in [4.69, 9.17) is 0 Å². The zero-order valence-electron chi connectivity index (χ0n) is 7.72. The van der Waals surface area contributed by atoms with Crippen LogP contribution >= 0.6 is 0 Å². The third-order valence-corrected chi connectivity index (χ3v) is 2.29. The van der Waals surface area contributed by atoms with Crippen molar-refractivity contribution in [1.82, 2.24) is 4.98 Å². The molecule has 1 aromatic heterocycles. The summed E-state index contributed by atoms with van der Waals surface area (Å²) >= 11 is 0. The SMILES string of the molecule is CCc1cncc2c(F)c(F)ccc12. The molecule has 0 saturated carbocycles. The van der Waals surface area contributed by atoms with Gasteiger partial charge in [0, 0.05) is 17.8 Å². The molecule has 0 aliphatic carbocycles. The van der Waals surface area contributed by atoms with Crippen LogP contribution in [0, 0.1) is 11.6 Å². The lowest BCUT2D eigenvalue weighted by atomic mass is 10.1. The molecule has 0 aliphatic rings. The summed E-state index contributed by atoms with van der Waals surface area (Å²) in [5.41, 5.74) is 0.932. The number of hydrogen-bond donors (Lipinski definition) is 0. The van der Waals surface area contributed by atoms with Crippen LogP contribution in [0.2, 0.25) is 0 Å². The van der Waals surface area contributed by atoms with Crippen LogP contribution in [0.25, 0.3) is 10.8 Å². The van der Waals surface area contributed by atoms with E-state index in [0.717, 1.165) is 23.4 Å². The average Bonchev–Trinajstić information content (AvgIpc) is 2.23. The molecule has 0 unspecified atom stereocenters. The topological polar surface area (TPSA) is 12.9 Å². The first-order chi connectivity index (χ1) is 6.74. The van der Waals surface area contributed by atoms with Gasteiger partial charge in [0.05, 0.1) is 0 Å². The second-order valence-corrected chi connectivity index (χ2v) is 3.11. The van der Waals surface area contributed by atoms with Gasteiger partial charge in [-0.3, -0.25) is 4.98 Å². The minimum atomic E-state index is -0.826. The second-order valence-electron chi connectivity index (χ2n) is 3.11. The van der Waals surface area contributed by atoms with Gasteiger partial charge in [0.15, 0.2) is 11.6 Å². The van der Waals surface area contributed by atoms with Crippen molar-refractivity contribution >= 4 is 10.8 Å². The summed E-state index contributed by atoms with van der Waals surface area (Å²) < 4.78 is 26.2. The van der Waals surface area contributed by atoms with Gasteiger partial charge >= 0.3 is 0 Å². The van der Waals surface area contributed by atoms with Gasteiger partial charge in [-0.15, -0.1) is 0 Å². The van der Waals surface area contributed by atoms with E-state index in [2.05, 4.69) is 4.98 Å². The molecule has 1 aromatic carbocycles. The van der Waals surface area contributed by atoms with Gasteiger partial charge in [-0.1, -0.05) is 13.0 Å². The molecule has 0 spiro atoms. The van der Waals surface area contributed by atoms with Gasteiger partial charge in [-0.05, 0) is 23.4 Å². The molecule has 0 aliphatic heterocycles. The number of fused-ring (bicyclic) bond motifs is 1. The Hall–Kier alpha value is -1.51. The van der Waals surface area contributed by atoms with Crippen LogP contribution in [0.4, 0.5) is 8.78 Å². The fourth-order valence-electron chi connectivity index (χ4n) is 1.53. The van der Waals surface area contributed by atoms with E-state index in [-0.39, 0.29) is 5.39 Å². The van der Waals surface area contributed by atoms with Crippen LogP contribution in [-0.2, 0) is 6.42 Å². The number of halogens is 2. The quantitative estimate of drug-likeness (QED) is 0.678. The van der Waals surface area contributed by atoms with Crippen molar-refractivity contribution in [3.05, 3.63) is 41.7 Å². The van der Waals surface area contributed by atoms with E-state index in [1.54, 1.807) is 12.3 Å². The van der Waals surface area contributed by atoms with E-state index < -0.39 is 11.6 Å². The monoisotopic (exact) mass is 193 g/mol.